The molecule has 0 radical (unpaired) electrons. The summed E-state index contributed by atoms with van der Waals surface area (Å²) in [7, 11) is 1.97. The number of halogens is 2. The normalized spacial score (nSPS) is 12.3. The monoisotopic (exact) mass is 574 g/mol. The Morgan fingerprint density at radius 2 is 1.88 bits per heavy atom. The first-order valence-electron chi connectivity index (χ1n) is 11.7. The van der Waals surface area contributed by atoms with Gasteiger partial charge in [-0.05, 0) is 36.6 Å². The highest BCUT2D eigenvalue weighted by Gasteiger charge is 2.25. The Kier molecular flexibility index (Phi) is 8.71. The third-order valence-electron chi connectivity index (χ3n) is 5.25. The predicted molar refractivity (Wildman–Crippen MR) is 149 cm³/mol. The number of anilines is 1. The van der Waals surface area contributed by atoms with Crippen molar-refractivity contribution in [3.63, 3.8) is 0 Å². The van der Waals surface area contributed by atoms with Gasteiger partial charge in [0.2, 0.25) is 0 Å². The fraction of sp³-hybridized carbons (Fsp3) is 0.308. The molecule has 8 heteroatoms. The van der Waals surface area contributed by atoms with Crippen LogP contribution in [-0.4, -0.2) is 31.1 Å². The summed E-state index contributed by atoms with van der Waals surface area (Å²) in [6.07, 6.45) is 4.30. The van der Waals surface area contributed by atoms with Crippen LogP contribution >= 0.6 is 22.9 Å². The van der Waals surface area contributed by atoms with Crippen LogP contribution in [0.25, 0.3) is 33.7 Å². The van der Waals surface area contributed by atoms with Crippen molar-refractivity contribution in [2.75, 3.05) is 11.9 Å². The van der Waals surface area contributed by atoms with Gasteiger partial charge in [-0.1, -0.05) is 58.5 Å². The van der Waals surface area contributed by atoms with E-state index in [0.717, 1.165) is 39.4 Å². The number of nitrogens with one attached hydrogen (secondary N) is 2. The molecule has 1 aliphatic carbocycles. The second-order valence-electron chi connectivity index (χ2n) is 7.47. The molecule has 2 heterocycles. The van der Waals surface area contributed by atoms with Crippen molar-refractivity contribution < 1.29 is 4.39 Å². The smallest absolute Gasteiger partial charge is 0.161 e. The average molecular weight is 574 g/mol. The molecule has 2 N–H and O–H groups in total. The van der Waals surface area contributed by atoms with Crippen LogP contribution in [0, 0.1) is 5.82 Å². The Bertz CT molecular complexity index is 1260. The van der Waals surface area contributed by atoms with Gasteiger partial charge in [0.25, 0.3) is 0 Å². The number of rotatable bonds is 6. The van der Waals surface area contributed by atoms with Crippen molar-refractivity contribution >= 4 is 39.6 Å². The molecule has 180 valence electrons. The van der Waals surface area contributed by atoms with E-state index in [1.165, 1.54) is 25.0 Å². The largest absolute Gasteiger partial charge is 0.369 e. The van der Waals surface area contributed by atoms with Crippen LogP contribution in [0.2, 0.25) is 0 Å². The van der Waals surface area contributed by atoms with Gasteiger partial charge in [0.1, 0.15) is 5.82 Å². The van der Waals surface area contributed by atoms with Gasteiger partial charge >= 0.3 is 0 Å². The molecule has 0 spiro atoms. The molecule has 34 heavy (non-hydrogen) atoms. The summed E-state index contributed by atoms with van der Waals surface area (Å²) < 4.78 is 15.5. The van der Waals surface area contributed by atoms with Gasteiger partial charge in [-0.3, -0.25) is 0 Å². The summed E-state index contributed by atoms with van der Waals surface area (Å²) in [4.78, 5) is 10.2. The van der Waals surface area contributed by atoms with Crippen LogP contribution in [0.4, 0.5) is 10.1 Å². The van der Waals surface area contributed by atoms with E-state index < -0.39 is 0 Å². The third kappa shape index (κ3) is 5.60. The second-order valence-corrected chi connectivity index (χ2v) is 8.46. The molecule has 0 atom stereocenters. The Hall–Kier alpha value is -2.88. The standard InChI is InChI=1S/C22H20FIN6.2C2H6/c1-13(25-16-9-10-16)29(2)19-12-30(24)28-21(19)22-26-18-8-4-7-17(20(18)27-22)14-5-3-6-15(23)11-14;2*1-2/h3-8,11-12,16,25H,1,9-10H2,2H3,(H,26,27);2*1-2H3. The summed E-state index contributed by atoms with van der Waals surface area (Å²) in [5.41, 5.74) is 4.94. The predicted octanol–water partition coefficient (Wildman–Crippen LogP) is 7.14. The highest BCUT2D eigenvalue weighted by molar-refractivity contribution is 14.1. The molecule has 1 aliphatic rings. The van der Waals surface area contributed by atoms with E-state index in [0.29, 0.717) is 11.9 Å². The molecule has 0 amide bonds. The molecule has 0 bridgehead atoms. The number of imidazole rings is 1. The minimum atomic E-state index is -0.269. The van der Waals surface area contributed by atoms with E-state index in [2.05, 4.69) is 44.8 Å². The zero-order chi connectivity index (χ0) is 24.8. The lowest BCUT2D eigenvalue weighted by molar-refractivity contribution is 0.628. The summed E-state index contributed by atoms with van der Waals surface area (Å²) in [6.45, 7) is 12.2. The molecule has 4 aromatic rings. The first-order valence-corrected chi connectivity index (χ1v) is 12.7. The maximum absolute atomic E-state index is 13.8. The SMILES string of the molecule is C=C(NC1CC1)N(C)c1cn(I)nc1-c1nc2c(-c3cccc(F)c3)cccc2[nH]1.CC.CC. The van der Waals surface area contributed by atoms with Crippen LogP contribution < -0.4 is 10.2 Å². The molecule has 5 rings (SSSR count). The number of para-hydroxylation sites is 1. The number of hydrogen-bond donors (Lipinski definition) is 2. The molecular formula is C26H32FIN6. The number of benzene rings is 2. The summed E-state index contributed by atoms with van der Waals surface area (Å²) in [5.74, 6) is 1.22. The number of hydrogen-bond acceptors (Lipinski definition) is 4. The quantitative estimate of drug-likeness (QED) is 0.240. The van der Waals surface area contributed by atoms with Crippen LogP contribution in [0.1, 0.15) is 40.5 Å². The number of H-pyrrole nitrogens is 1. The molecule has 0 saturated heterocycles. The maximum atomic E-state index is 13.8. The molecular weight excluding hydrogens is 542 g/mol. The molecule has 2 aromatic carbocycles. The fourth-order valence-corrected chi connectivity index (χ4v) is 3.97. The Labute approximate surface area is 214 Å². The van der Waals surface area contributed by atoms with Gasteiger partial charge in [-0.25, -0.2) is 12.3 Å². The zero-order valence-electron chi connectivity index (χ0n) is 20.4. The number of fused-ring (bicyclic) bond motifs is 1. The molecule has 0 aliphatic heterocycles. The minimum Gasteiger partial charge on any atom is -0.369 e. The lowest BCUT2D eigenvalue weighted by Crippen LogP contribution is -2.29. The maximum Gasteiger partial charge on any atom is 0.161 e. The first kappa shape index (κ1) is 25.7. The molecule has 0 unspecified atom stereocenters. The fourth-order valence-electron chi connectivity index (χ4n) is 3.49. The highest BCUT2D eigenvalue weighted by Crippen LogP contribution is 2.34. The van der Waals surface area contributed by atoms with Crippen molar-refractivity contribution in [3.8, 4) is 22.6 Å². The van der Waals surface area contributed by atoms with Gasteiger partial charge in [0.15, 0.2) is 11.5 Å². The topological polar surface area (TPSA) is 61.8 Å². The molecule has 6 nitrogen and oxygen atoms in total. The van der Waals surface area contributed by atoms with Crippen LogP contribution in [-0.2, 0) is 0 Å². The lowest BCUT2D eigenvalue weighted by atomic mass is 10.0. The van der Waals surface area contributed by atoms with E-state index in [4.69, 9.17) is 4.98 Å². The Morgan fingerprint density at radius 3 is 2.56 bits per heavy atom. The van der Waals surface area contributed by atoms with E-state index in [9.17, 15) is 4.39 Å². The third-order valence-corrected chi connectivity index (χ3v) is 5.75. The van der Waals surface area contributed by atoms with Gasteiger partial charge < -0.3 is 15.2 Å². The average Bonchev–Trinajstić information content (AvgIpc) is 3.42. The van der Waals surface area contributed by atoms with E-state index in [1.54, 1.807) is 8.96 Å². The van der Waals surface area contributed by atoms with Crippen LogP contribution in [0.5, 0.6) is 0 Å². The Morgan fingerprint density at radius 1 is 1.18 bits per heavy atom. The summed E-state index contributed by atoms with van der Waals surface area (Å²) in [5, 5.41) is 8.06. The lowest BCUT2D eigenvalue weighted by Gasteiger charge is -2.22. The second kappa shape index (κ2) is 11.5. The van der Waals surface area contributed by atoms with Crippen LogP contribution in [0.3, 0.4) is 0 Å². The minimum absolute atomic E-state index is 0.269. The number of nitrogens with zero attached hydrogens (tertiary/aromatic N) is 4. The summed E-state index contributed by atoms with van der Waals surface area (Å²) >= 11 is 2.13. The van der Waals surface area contributed by atoms with Gasteiger partial charge in [0.05, 0.1) is 51.6 Å². The molecule has 2 aromatic heterocycles. The summed E-state index contributed by atoms with van der Waals surface area (Å²) in [6, 6.07) is 12.9. The first-order chi connectivity index (χ1) is 16.5. The van der Waals surface area contributed by atoms with Crippen LogP contribution in [0.15, 0.2) is 61.1 Å². The zero-order valence-corrected chi connectivity index (χ0v) is 22.5. The van der Waals surface area contributed by atoms with Crippen molar-refractivity contribution in [1.29, 1.82) is 0 Å². The Balaban J connectivity index is 0.000000771. The highest BCUT2D eigenvalue weighted by atomic mass is 127. The van der Waals surface area contributed by atoms with Crippen molar-refractivity contribution in [2.24, 2.45) is 0 Å². The number of aromatic nitrogens is 4. The van der Waals surface area contributed by atoms with Crippen molar-refractivity contribution in [3.05, 3.63) is 66.9 Å². The van der Waals surface area contributed by atoms with Gasteiger partial charge in [-0.15, -0.1) is 0 Å². The molecule has 1 saturated carbocycles. The van der Waals surface area contributed by atoms with E-state index >= 15 is 0 Å². The van der Waals surface area contributed by atoms with Gasteiger partial charge in [0, 0.05) is 18.7 Å². The van der Waals surface area contributed by atoms with E-state index in [1.807, 2.05) is 70.1 Å². The molecule has 1 fully saturated rings. The number of aromatic amines is 1. The van der Waals surface area contributed by atoms with E-state index in [-0.39, 0.29) is 5.82 Å². The van der Waals surface area contributed by atoms with Crippen molar-refractivity contribution in [1.82, 2.24) is 23.3 Å². The van der Waals surface area contributed by atoms with Gasteiger partial charge in [-0.2, -0.15) is 5.10 Å². The van der Waals surface area contributed by atoms with Crippen molar-refractivity contribution in [2.45, 2.75) is 46.6 Å².